The summed E-state index contributed by atoms with van der Waals surface area (Å²) in [7, 11) is 0. The first-order valence-corrected chi connectivity index (χ1v) is 9.08. The van der Waals surface area contributed by atoms with E-state index in [0.29, 0.717) is 11.8 Å². The summed E-state index contributed by atoms with van der Waals surface area (Å²) in [4.78, 5) is 12.9. The third-order valence-corrected chi connectivity index (χ3v) is 6.87. The van der Waals surface area contributed by atoms with Gasteiger partial charge >= 0.3 is 0 Å². The summed E-state index contributed by atoms with van der Waals surface area (Å²) in [6.07, 6.45) is 7.32. The number of rotatable bonds is 3. The predicted octanol–water partition coefficient (Wildman–Crippen LogP) is 2.46. The lowest BCUT2D eigenvalue weighted by atomic mass is 9.46. The summed E-state index contributed by atoms with van der Waals surface area (Å²) in [5.41, 5.74) is 5.59. The summed E-state index contributed by atoms with van der Waals surface area (Å²) < 4.78 is 5.89. The number of ether oxygens (including phenoxy) is 1. The van der Waals surface area contributed by atoms with Crippen molar-refractivity contribution in [2.45, 2.75) is 70.9 Å². The molecule has 1 aliphatic heterocycles. The van der Waals surface area contributed by atoms with E-state index in [9.17, 15) is 4.79 Å². The molecule has 3 N–H and O–H groups in total. The zero-order valence-corrected chi connectivity index (χ0v) is 14.4. The number of nitrogens with two attached hydrogens (primary N) is 1. The normalized spacial score (nSPS) is 43.8. The molecule has 3 fully saturated rings. The van der Waals surface area contributed by atoms with Gasteiger partial charge in [-0.3, -0.25) is 4.79 Å². The Morgan fingerprint density at radius 1 is 1.23 bits per heavy atom. The molecule has 2 aliphatic carbocycles. The van der Waals surface area contributed by atoms with Gasteiger partial charge in [-0.1, -0.05) is 40.0 Å². The Labute approximate surface area is 134 Å². The van der Waals surface area contributed by atoms with Crippen LogP contribution in [0.3, 0.4) is 0 Å². The Balaban J connectivity index is 1.63. The molecule has 1 saturated heterocycles. The second-order valence-electron chi connectivity index (χ2n) is 8.36. The molecule has 0 aromatic carbocycles. The minimum atomic E-state index is -0.768. The molecule has 2 saturated carbocycles. The van der Waals surface area contributed by atoms with E-state index >= 15 is 0 Å². The second kappa shape index (κ2) is 5.79. The van der Waals surface area contributed by atoms with Gasteiger partial charge in [0.15, 0.2) is 0 Å². The topological polar surface area (TPSA) is 64.4 Å². The first-order valence-electron chi connectivity index (χ1n) is 9.08. The number of fused-ring (bicyclic) bond motifs is 1. The number of nitrogens with one attached hydrogen (secondary N) is 1. The molecule has 126 valence electrons. The van der Waals surface area contributed by atoms with Crippen LogP contribution in [0.25, 0.3) is 0 Å². The zero-order valence-electron chi connectivity index (χ0n) is 14.4. The van der Waals surface area contributed by atoms with Gasteiger partial charge in [0.1, 0.15) is 5.54 Å². The summed E-state index contributed by atoms with van der Waals surface area (Å²) in [6.45, 7) is 8.08. The van der Waals surface area contributed by atoms with Crippen molar-refractivity contribution >= 4 is 5.91 Å². The van der Waals surface area contributed by atoms with E-state index in [-0.39, 0.29) is 23.3 Å². The van der Waals surface area contributed by atoms with Crippen molar-refractivity contribution in [2.24, 2.45) is 28.9 Å². The van der Waals surface area contributed by atoms with Gasteiger partial charge < -0.3 is 15.8 Å². The Morgan fingerprint density at radius 2 is 1.95 bits per heavy atom. The molecule has 0 spiro atoms. The quantitative estimate of drug-likeness (QED) is 0.842. The third-order valence-electron chi connectivity index (χ3n) is 6.87. The maximum absolute atomic E-state index is 12.9. The van der Waals surface area contributed by atoms with Crippen LogP contribution in [-0.4, -0.2) is 30.7 Å². The number of carbonyl (C=O) groups excluding carboxylic acids is 1. The average Bonchev–Trinajstić information content (AvgIpc) is 2.53. The Kier molecular flexibility index (Phi) is 4.28. The van der Waals surface area contributed by atoms with Crippen molar-refractivity contribution in [1.29, 1.82) is 0 Å². The molecule has 1 amide bonds. The third kappa shape index (κ3) is 2.30. The van der Waals surface area contributed by atoms with Crippen LogP contribution in [0.1, 0.15) is 59.3 Å². The van der Waals surface area contributed by atoms with Crippen molar-refractivity contribution in [2.75, 3.05) is 13.2 Å². The van der Waals surface area contributed by atoms with Crippen LogP contribution in [-0.2, 0) is 9.53 Å². The van der Waals surface area contributed by atoms with E-state index in [1.165, 1.54) is 25.7 Å². The smallest absolute Gasteiger partial charge is 0.241 e. The van der Waals surface area contributed by atoms with Crippen LogP contribution in [0.4, 0.5) is 0 Å². The highest BCUT2D eigenvalue weighted by Crippen LogP contribution is 2.57. The highest BCUT2D eigenvalue weighted by atomic mass is 16.5. The summed E-state index contributed by atoms with van der Waals surface area (Å²) in [5.74, 6) is 1.55. The molecular weight excluding hydrogens is 276 g/mol. The number of hydrogen-bond acceptors (Lipinski definition) is 3. The van der Waals surface area contributed by atoms with Gasteiger partial charge in [-0.25, -0.2) is 0 Å². The Hall–Kier alpha value is -0.610. The average molecular weight is 308 g/mol. The van der Waals surface area contributed by atoms with Crippen molar-refractivity contribution in [3.63, 3.8) is 0 Å². The number of amides is 1. The largest absolute Gasteiger partial charge is 0.377 e. The van der Waals surface area contributed by atoms with Gasteiger partial charge in [0.25, 0.3) is 0 Å². The van der Waals surface area contributed by atoms with E-state index in [0.717, 1.165) is 26.0 Å². The van der Waals surface area contributed by atoms with E-state index in [2.05, 4.69) is 26.1 Å². The van der Waals surface area contributed by atoms with Crippen LogP contribution in [0.15, 0.2) is 0 Å². The minimum Gasteiger partial charge on any atom is -0.377 e. The van der Waals surface area contributed by atoms with Gasteiger partial charge in [-0.15, -0.1) is 0 Å². The summed E-state index contributed by atoms with van der Waals surface area (Å²) >= 11 is 0. The van der Waals surface area contributed by atoms with Crippen LogP contribution in [0.2, 0.25) is 0 Å². The van der Waals surface area contributed by atoms with Gasteiger partial charge in [0, 0.05) is 24.5 Å². The first kappa shape index (κ1) is 16.3. The summed E-state index contributed by atoms with van der Waals surface area (Å²) in [5, 5.41) is 3.19. The zero-order chi connectivity index (χ0) is 16.0. The lowest BCUT2D eigenvalue weighted by Crippen LogP contribution is -2.82. The molecule has 5 atom stereocenters. The molecule has 4 heteroatoms. The van der Waals surface area contributed by atoms with Gasteiger partial charge in [-0.2, -0.15) is 0 Å². The molecular formula is C18H32N2O2. The molecule has 3 aliphatic rings. The molecule has 0 bridgehead atoms. The maximum Gasteiger partial charge on any atom is 0.241 e. The highest BCUT2D eigenvalue weighted by Gasteiger charge is 2.70. The van der Waals surface area contributed by atoms with Gasteiger partial charge in [0.2, 0.25) is 5.91 Å². The van der Waals surface area contributed by atoms with E-state index in [4.69, 9.17) is 10.5 Å². The fourth-order valence-electron chi connectivity index (χ4n) is 5.10. The lowest BCUT2D eigenvalue weighted by molar-refractivity contribution is -0.225. The molecule has 1 heterocycles. The second-order valence-corrected chi connectivity index (χ2v) is 8.36. The molecule has 0 radical (unpaired) electrons. The van der Waals surface area contributed by atoms with E-state index in [1.54, 1.807) is 0 Å². The van der Waals surface area contributed by atoms with Crippen LogP contribution in [0.5, 0.6) is 0 Å². The Morgan fingerprint density at radius 3 is 2.68 bits per heavy atom. The molecule has 22 heavy (non-hydrogen) atoms. The van der Waals surface area contributed by atoms with E-state index in [1.807, 2.05) is 0 Å². The first-order chi connectivity index (χ1) is 10.4. The molecule has 4 nitrogen and oxygen atoms in total. The van der Waals surface area contributed by atoms with E-state index < -0.39 is 5.54 Å². The van der Waals surface area contributed by atoms with Crippen LogP contribution < -0.4 is 11.1 Å². The van der Waals surface area contributed by atoms with Crippen LogP contribution >= 0.6 is 0 Å². The predicted molar refractivity (Wildman–Crippen MR) is 87.3 cm³/mol. The Bertz CT molecular complexity index is 437. The highest BCUT2D eigenvalue weighted by molar-refractivity contribution is 5.89. The van der Waals surface area contributed by atoms with Crippen molar-refractivity contribution < 1.29 is 9.53 Å². The van der Waals surface area contributed by atoms with Crippen molar-refractivity contribution in [3.05, 3.63) is 0 Å². The lowest BCUT2D eigenvalue weighted by Gasteiger charge is -2.65. The molecule has 0 aromatic heterocycles. The van der Waals surface area contributed by atoms with Crippen molar-refractivity contribution in [1.82, 2.24) is 5.32 Å². The molecule has 3 rings (SSSR count). The van der Waals surface area contributed by atoms with Crippen LogP contribution in [0, 0.1) is 23.2 Å². The number of hydrogen-bond donors (Lipinski definition) is 2. The van der Waals surface area contributed by atoms with Gasteiger partial charge in [-0.05, 0) is 31.1 Å². The fraction of sp³-hybridized carbons (Fsp3) is 0.944. The summed E-state index contributed by atoms with van der Waals surface area (Å²) in [6, 6.07) is 0. The maximum atomic E-state index is 12.9. The number of carbonyl (C=O) groups is 1. The molecule has 0 aromatic rings. The fourth-order valence-corrected chi connectivity index (χ4v) is 5.10. The standard InChI is InChI=1S/C18H32N2O2/c1-12-7-4-5-8-13(12)11-20-16(21)18(19)14-9-6-10-22-15(14)17(18,2)3/h12-15H,4-11,19H2,1-3H3,(H,20,21). The van der Waals surface area contributed by atoms with Gasteiger partial charge in [0.05, 0.1) is 6.10 Å². The minimum absolute atomic E-state index is 0.0435. The van der Waals surface area contributed by atoms with Crippen molar-refractivity contribution in [3.8, 4) is 0 Å². The SMILES string of the molecule is CC1CCCCC1CNC(=O)C1(N)C2CCCOC2C1(C)C. The monoisotopic (exact) mass is 308 g/mol. The molecule has 5 unspecified atom stereocenters.